The number of nitrogens with one attached hydrogen (secondary N) is 2. The summed E-state index contributed by atoms with van der Waals surface area (Å²) < 4.78 is 6.56. The Bertz CT molecular complexity index is 521. The van der Waals surface area contributed by atoms with Crippen molar-refractivity contribution >= 4 is 45.9 Å². The monoisotopic (exact) mass is 509 g/mol. The van der Waals surface area contributed by atoms with E-state index in [1.807, 2.05) is 14.0 Å². The van der Waals surface area contributed by atoms with Crippen LogP contribution in [0.5, 0.6) is 0 Å². The molecule has 1 aliphatic rings. The largest absolute Gasteiger partial charge is 0.382 e. The van der Waals surface area contributed by atoms with E-state index in [1.54, 1.807) is 0 Å². The number of hydrogen-bond acceptors (Lipinski definition) is 2. The number of halogens is 2. The summed E-state index contributed by atoms with van der Waals surface area (Å²) in [4.78, 5) is 4.32. The molecule has 0 aliphatic heterocycles. The Morgan fingerprint density at radius 1 is 1.25 bits per heavy atom. The summed E-state index contributed by atoms with van der Waals surface area (Å²) in [5.74, 6) is 0.889. The van der Waals surface area contributed by atoms with Gasteiger partial charge in [0.2, 0.25) is 0 Å². The van der Waals surface area contributed by atoms with Gasteiger partial charge in [-0.3, -0.25) is 4.99 Å². The first kappa shape index (κ1) is 21.7. The van der Waals surface area contributed by atoms with Crippen molar-refractivity contribution in [3.05, 3.63) is 34.3 Å². The summed E-state index contributed by atoms with van der Waals surface area (Å²) in [6.07, 6.45) is 4.64. The van der Waals surface area contributed by atoms with Crippen molar-refractivity contribution in [2.75, 3.05) is 33.4 Å². The topological polar surface area (TPSA) is 45.6 Å². The molecule has 24 heavy (non-hydrogen) atoms. The SMILES string of the molecule is CCOCCCCNC(=NC)NCC1(c2ccccc2Br)CC1.I. The van der Waals surface area contributed by atoms with Gasteiger partial charge in [-0.05, 0) is 44.2 Å². The van der Waals surface area contributed by atoms with Crippen molar-refractivity contribution < 1.29 is 4.74 Å². The van der Waals surface area contributed by atoms with E-state index in [0.29, 0.717) is 0 Å². The van der Waals surface area contributed by atoms with Crippen LogP contribution in [0.1, 0.15) is 38.2 Å². The van der Waals surface area contributed by atoms with Crippen molar-refractivity contribution in [3.63, 3.8) is 0 Å². The highest BCUT2D eigenvalue weighted by molar-refractivity contribution is 14.0. The highest BCUT2D eigenvalue weighted by Gasteiger charge is 2.45. The molecule has 1 aromatic rings. The highest BCUT2D eigenvalue weighted by atomic mass is 127. The van der Waals surface area contributed by atoms with E-state index in [2.05, 4.69) is 55.8 Å². The second kappa shape index (κ2) is 11.3. The van der Waals surface area contributed by atoms with Crippen LogP contribution in [0.15, 0.2) is 33.7 Å². The molecule has 1 fully saturated rings. The number of nitrogens with zero attached hydrogens (tertiary/aromatic N) is 1. The molecular weight excluding hydrogens is 481 g/mol. The van der Waals surface area contributed by atoms with Crippen LogP contribution < -0.4 is 10.6 Å². The first-order valence-corrected chi connectivity index (χ1v) is 9.28. The standard InChI is InChI=1S/C18H28BrN3O.HI/c1-3-23-13-7-6-12-21-17(20-2)22-14-18(10-11-18)15-8-4-5-9-16(15)19;/h4-5,8-9H,3,6-7,10-14H2,1-2H3,(H2,20,21,22);1H. The molecule has 0 saturated heterocycles. The van der Waals surface area contributed by atoms with Crippen LogP contribution in [-0.2, 0) is 10.2 Å². The summed E-state index contributed by atoms with van der Waals surface area (Å²) in [7, 11) is 1.83. The van der Waals surface area contributed by atoms with E-state index in [-0.39, 0.29) is 29.4 Å². The van der Waals surface area contributed by atoms with E-state index in [9.17, 15) is 0 Å². The molecular formula is C18H29BrIN3O. The van der Waals surface area contributed by atoms with Gasteiger partial charge in [0, 0.05) is 43.2 Å². The van der Waals surface area contributed by atoms with Gasteiger partial charge in [0.05, 0.1) is 0 Å². The molecule has 0 amide bonds. The van der Waals surface area contributed by atoms with E-state index in [4.69, 9.17) is 4.74 Å². The molecule has 4 nitrogen and oxygen atoms in total. The van der Waals surface area contributed by atoms with Gasteiger partial charge in [-0.1, -0.05) is 34.1 Å². The lowest BCUT2D eigenvalue weighted by molar-refractivity contribution is 0.143. The normalized spacial score (nSPS) is 15.5. The Kier molecular flexibility index (Phi) is 10.2. The minimum atomic E-state index is 0. The first-order valence-electron chi connectivity index (χ1n) is 8.49. The maximum Gasteiger partial charge on any atom is 0.191 e. The lowest BCUT2D eigenvalue weighted by atomic mass is 9.96. The van der Waals surface area contributed by atoms with Gasteiger partial charge in [0.25, 0.3) is 0 Å². The number of unbranched alkanes of at least 4 members (excludes halogenated alkanes) is 1. The molecule has 0 spiro atoms. The van der Waals surface area contributed by atoms with Gasteiger partial charge in [0.15, 0.2) is 5.96 Å². The van der Waals surface area contributed by atoms with Crippen LogP contribution in [0.25, 0.3) is 0 Å². The first-order chi connectivity index (χ1) is 11.2. The van der Waals surface area contributed by atoms with Gasteiger partial charge in [-0.25, -0.2) is 0 Å². The highest BCUT2D eigenvalue weighted by Crippen LogP contribution is 2.49. The Morgan fingerprint density at radius 2 is 2.00 bits per heavy atom. The minimum Gasteiger partial charge on any atom is -0.382 e. The maximum absolute atomic E-state index is 5.35. The second-order valence-electron chi connectivity index (χ2n) is 6.02. The summed E-state index contributed by atoms with van der Waals surface area (Å²) >= 11 is 3.68. The van der Waals surface area contributed by atoms with Gasteiger partial charge in [-0.15, -0.1) is 24.0 Å². The van der Waals surface area contributed by atoms with Crippen LogP contribution in [0, 0.1) is 0 Å². The van der Waals surface area contributed by atoms with Crippen LogP contribution in [0.4, 0.5) is 0 Å². The lowest BCUT2D eigenvalue weighted by Gasteiger charge is -2.20. The van der Waals surface area contributed by atoms with Crippen LogP contribution in [0.2, 0.25) is 0 Å². The average molecular weight is 510 g/mol. The second-order valence-corrected chi connectivity index (χ2v) is 6.87. The molecule has 0 aromatic heterocycles. The fraction of sp³-hybridized carbons (Fsp3) is 0.611. The van der Waals surface area contributed by atoms with E-state index in [1.165, 1.54) is 22.9 Å². The molecule has 1 aromatic carbocycles. The van der Waals surface area contributed by atoms with Crippen molar-refractivity contribution in [2.45, 2.75) is 38.0 Å². The van der Waals surface area contributed by atoms with Crippen molar-refractivity contribution in [1.29, 1.82) is 0 Å². The summed E-state index contributed by atoms with van der Waals surface area (Å²) in [5, 5.41) is 6.87. The number of benzene rings is 1. The van der Waals surface area contributed by atoms with Crippen molar-refractivity contribution in [1.82, 2.24) is 10.6 Å². The molecule has 6 heteroatoms. The number of aliphatic imine (C=N–C) groups is 1. The van der Waals surface area contributed by atoms with Crippen molar-refractivity contribution in [2.24, 2.45) is 4.99 Å². The Labute approximate surface area is 171 Å². The van der Waals surface area contributed by atoms with Gasteiger partial charge >= 0.3 is 0 Å². The molecule has 0 unspecified atom stereocenters. The van der Waals surface area contributed by atoms with Crippen LogP contribution in [0.3, 0.4) is 0 Å². The molecule has 2 rings (SSSR count). The molecule has 0 radical (unpaired) electrons. The smallest absolute Gasteiger partial charge is 0.191 e. The number of ether oxygens (including phenoxy) is 1. The molecule has 1 aliphatic carbocycles. The molecule has 0 heterocycles. The van der Waals surface area contributed by atoms with E-state index >= 15 is 0 Å². The third-order valence-electron chi connectivity index (χ3n) is 4.33. The molecule has 0 bridgehead atoms. The summed E-state index contributed by atoms with van der Waals surface area (Å²) in [6.45, 7) is 5.52. The molecule has 0 atom stereocenters. The zero-order chi connectivity index (χ0) is 16.5. The third-order valence-corrected chi connectivity index (χ3v) is 5.02. The van der Waals surface area contributed by atoms with Gasteiger partial charge in [-0.2, -0.15) is 0 Å². The van der Waals surface area contributed by atoms with Gasteiger partial charge in [0.1, 0.15) is 0 Å². The molecule has 1 saturated carbocycles. The Hall–Kier alpha value is -0.340. The number of hydrogen-bond donors (Lipinski definition) is 2. The van der Waals surface area contributed by atoms with E-state index in [0.717, 1.165) is 45.1 Å². The van der Waals surface area contributed by atoms with E-state index < -0.39 is 0 Å². The quantitative estimate of drug-likeness (QED) is 0.228. The summed E-state index contributed by atoms with van der Waals surface area (Å²) in [6, 6.07) is 8.54. The minimum absolute atomic E-state index is 0. The van der Waals surface area contributed by atoms with Crippen LogP contribution in [-0.4, -0.2) is 39.3 Å². The maximum atomic E-state index is 5.35. The Morgan fingerprint density at radius 3 is 2.62 bits per heavy atom. The number of rotatable bonds is 9. The lowest BCUT2D eigenvalue weighted by Crippen LogP contribution is -2.41. The fourth-order valence-electron chi connectivity index (χ4n) is 2.74. The third kappa shape index (κ3) is 6.52. The number of guanidine groups is 1. The molecule has 136 valence electrons. The predicted molar refractivity (Wildman–Crippen MR) is 116 cm³/mol. The van der Waals surface area contributed by atoms with Gasteiger partial charge < -0.3 is 15.4 Å². The fourth-order valence-corrected chi connectivity index (χ4v) is 3.44. The average Bonchev–Trinajstić information content (AvgIpc) is 3.35. The molecule has 2 N–H and O–H groups in total. The Balaban J connectivity index is 0.00000288. The van der Waals surface area contributed by atoms with Crippen molar-refractivity contribution in [3.8, 4) is 0 Å². The summed E-state index contributed by atoms with van der Waals surface area (Å²) in [5.41, 5.74) is 1.66. The zero-order valence-electron chi connectivity index (χ0n) is 14.6. The zero-order valence-corrected chi connectivity index (χ0v) is 18.5. The van der Waals surface area contributed by atoms with Crippen LogP contribution >= 0.6 is 39.9 Å². The predicted octanol–water partition coefficient (Wildman–Crippen LogP) is 4.08.